The Kier molecular flexibility index (Phi) is 10.2. The number of benzene rings is 2. The van der Waals surface area contributed by atoms with Gasteiger partial charge in [-0.1, -0.05) is 73.8 Å². The van der Waals surface area contributed by atoms with Crippen molar-refractivity contribution in [2.75, 3.05) is 6.54 Å². The highest BCUT2D eigenvalue weighted by molar-refractivity contribution is 6.31. The van der Waals surface area contributed by atoms with Gasteiger partial charge in [0.1, 0.15) is 6.04 Å². The van der Waals surface area contributed by atoms with E-state index in [0.29, 0.717) is 36.0 Å². The van der Waals surface area contributed by atoms with Gasteiger partial charge in [-0.2, -0.15) is 0 Å². The summed E-state index contributed by atoms with van der Waals surface area (Å²) in [5.41, 5.74) is 1.87. The molecule has 0 heterocycles. The zero-order valence-corrected chi connectivity index (χ0v) is 19.2. The highest BCUT2D eigenvalue weighted by Gasteiger charge is 2.28. The lowest BCUT2D eigenvalue weighted by Gasteiger charge is -2.31. The summed E-state index contributed by atoms with van der Waals surface area (Å²) in [6.45, 7) is 4.99. The lowest BCUT2D eigenvalue weighted by atomic mass is 10.1. The van der Waals surface area contributed by atoms with Crippen LogP contribution in [0.2, 0.25) is 10.0 Å². The van der Waals surface area contributed by atoms with Crippen LogP contribution in [0.5, 0.6) is 0 Å². The van der Waals surface area contributed by atoms with Crippen LogP contribution in [0.1, 0.15) is 50.7 Å². The zero-order chi connectivity index (χ0) is 21.9. The minimum Gasteiger partial charge on any atom is -0.354 e. The van der Waals surface area contributed by atoms with Crippen molar-refractivity contribution in [1.29, 1.82) is 0 Å². The van der Waals surface area contributed by atoms with Crippen LogP contribution in [0.4, 0.5) is 0 Å². The first-order chi connectivity index (χ1) is 14.5. The van der Waals surface area contributed by atoms with Gasteiger partial charge in [-0.15, -0.1) is 0 Å². The van der Waals surface area contributed by atoms with Gasteiger partial charge in [0, 0.05) is 29.6 Å². The van der Waals surface area contributed by atoms with Crippen LogP contribution in [0.15, 0.2) is 48.5 Å². The summed E-state index contributed by atoms with van der Waals surface area (Å²) in [6.07, 6.45) is 3.28. The number of nitrogens with one attached hydrogen (secondary N) is 1. The van der Waals surface area contributed by atoms with Gasteiger partial charge in [-0.05, 0) is 48.6 Å². The first-order valence-electron chi connectivity index (χ1n) is 10.5. The third-order valence-corrected chi connectivity index (χ3v) is 5.67. The minimum absolute atomic E-state index is 0.0673. The highest BCUT2D eigenvalue weighted by Crippen LogP contribution is 2.20. The molecule has 1 atom stereocenters. The van der Waals surface area contributed by atoms with Crippen molar-refractivity contribution < 1.29 is 9.59 Å². The Morgan fingerprint density at radius 3 is 2.37 bits per heavy atom. The molecule has 1 N–H and O–H groups in total. The standard InChI is InChI=1S/C24H30Cl2N2O2/c1-3-5-16-27-24(30)22(4-2)28(17-18-10-13-20(25)14-11-18)23(29)15-12-19-8-6-7-9-21(19)26/h6-11,13-14,22H,3-5,12,15-17H2,1-2H3,(H,27,30). The number of rotatable bonds is 11. The van der Waals surface area contributed by atoms with Gasteiger partial charge in [0.2, 0.25) is 11.8 Å². The fourth-order valence-electron chi connectivity index (χ4n) is 3.30. The van der Waals surface area contributed by atoms with E-state index in [9.17, 15) is 9.59 Å². The van der Waals surface area contributed by atoms with Gasteiger partial charge in [-0.3, -0.25) is 9.59 Å². The second kappa shape index (κ2) is 12.6. The van der Waals surface area contributed by atoms with Crippen molar-refractivity contribution in [3.63, 3.8) is 0 Å². The van der Waals surface area contributed by atoms with E-state index in [0.717, 1.165) is 24.0 Å². The number of hydrogen-bond donors (Lipinski definition) is 1. The van der Waals surface area contributed by atoms with Gasteiger partial charge in [-0.25, -0.2) is 0 Å². The molecule has 0 saturated carbocycles. The van der Waals surface area contributed by atoms with Crippen LogP contribution in [0, 0.1) is 0 Å². The molecule has 0 aliphatic rings. The zero-order valence-electron chi connectivity index (χ0n) is 17.7. The van der Waals surface area contributed by atoms with E-state index in [1.807, 2.05) is 43.3 Å². The average molecular weight is 449 g/mol. The second-order valence-electron chi connectivity index (χ2n) is 7.31. The van der Waals surface area contributed by atoms with Gasteiger partial charge >= 0.3 is 0 Å². The summed E-state index contributed by atoms with van der Waals surface area (Å²) in [5.74, 6) is -0.173. The normalized spacial score (nSPS) is 11.7. The van der Waals surface area contributed by atoms with Crippen molar-refractivity contribution in [2.24, 2.45) is 0 Å². The van der Waals surface area contributed by atoms with Crippen molar-refractivity contribution in [2.45, 2.75) is 58.5 Å². The number of unbranched alkanes of at least 4 members (excludes halogenated alkanes) is 1. The van der Waals surface area contributed by atoms with E-state index in [1.54, 1.807) is 17.0 Å². The quantitative estimate of drug-likeness (QED) is 0.451. The Morgan fingerprint density at radius 1 is 1.03 bits per heavy atom. The largest absolute Gasteiger partial charge is 0.354 e. The number of nitrogens with zero attached hydrogens (tertiary/aromatic N) is 1. The first kappa shape index (κ1) is 24.2. The molecule has 2 aromatic carbocycles. The molecule has 0 aromatic heterocycles. The third-order valence-electron chi connectivity index (χ3n) is 5.05. The molecule has 1 unspecified atom stereocenters. The van der Waals surface area contributed by atoms with Crippen LogP contribution in [0.3, 0.4) is 0 Å². The predicted octanol–water partition coefficient (Wildman–Crippen LogP) is 5.65. The van der Waals surface area contributed by atoms with Crippen molar-refractivity contribution in [3.05, 3.63) is 69.7 Å². The van der Waals surface area contributed by atoms with Crippen LogP contribution < -0.4 is 5.32 Å². The Balaban J connectivity index is 2.17. The summed E-state index contributed by atoms with van der Waals surface area (Å²) < 4.78 is 0. The number of halogens is 2. The van der Waals surface area contributed by atoms with Gasteiger partial charge in [0.15, 0.2) is 0 Å². The molecule has 2 aromatic rings. The molecule has 162 valence electrons. The van der Waals surface area contributed by atoms with Gasteiger partial charge in [0.25, 0.3) is 0 Å². The SMILES string of the molecule is CCCCNC(=O)C(CC)N(Cc1ccc(Cl)cc1)C(=O)CCc1ccccc1Cl. The maximum atomic E-state index is 13.2. The molecule has 0 bridgehead atoms. The summed E-state index contributed by atoms with van der Waals surface area (Å²) in [5, 5.41) is 4.26. The van der Waals surface area contributed by atoms with E-state index < -0.39 is 6.04 Å². The minimum atomic E-state index is -0.517. The number of carbonyl (C=O) groups excluding carboxylic acids is 2. The third kappa shape index (κ3) is 7.33. The smallest absolute Gasteiger partial charge is 0.242 e. The molecular weight excluding hydrogens is 419 g/mol. The highest BCUT2D eigenvalue weighted by atomic mass is 35.5. The van der Waals surface area contributed by atoms with E-state index in [4.69, 9.17) is 23.2 Å². The Labute approximate surface area is 189 Å². The van der Waals surface area contributed by atoms with E-state index in [-0.39, 0.29) is 18.2 Å². The summed E-state index contributed by atoms with van der Waals surface area (Å²) in [6, 6.07) is 14.4. The molecule has 0 aliphatic carbocycles. The maximum Gasteiger partial charge on any atom is 0.242 e. The Hall–Kier alpha value is -2.04. The van der Waals surface area contributed by atoms with Crippen LogP contribution in [0.25, 0.3) is 0 Å². The Bertz CT molecular complexity index is 824. The molecular formula is C24H30Cl2N2O2. The predicted molar refractivity (Wildman–Crippen MR) is 124 cm³/mol. The topological polar surface area (TPSA) is 49.4 Å². The average Bonchev–Trinajstić information content (AvgIpc) is 2.74. The number of aryl methyl sites for hydroxylation is 1. The molecule has 4 nitrogen and oxygen atoms in total. The van der Waals surface area contributed by atoms with E-state index in [1.165, 1.54) is 0 Å². The number of hydrogen-bond acceptors (Lipinski definition) is 2. The maximum absolute atomic E-state index is 13.2. The van der Waals surface area contributed by atoms with Crippen LogP contribution in [-0.4, -0.2) is 29.3 Å². The molecule has 2 amide bonds. The fourth-order valence-corrected chi connectivity index (χ4v) is 3.65. The van der Waals surface area contributed by atoms with Gasteiger partial charge < -0.3 is 10.2 Å². The molecule has 0 radical (unpaired) electrons. The lowest BCUT2D eigenvalue weighted by molar-refractivity contribution is -0.141. The fraction of sp³-hybridized carbons (Fsp3) is 0.417. The number of amides is 2. The summed E-state index contributed by atoms with van der Waals surface area (Å²) in [7, 11) is 0. The molecule has 0 saturated heterocycles. The van der Waals surface area contributed by atoms with Crippen LogP contribution >= 0.6 is 23.2 Å². The van der Waals surface area contributed by atoms with Crippen LogP contribution in [-0.2, 0) is 22.6 Å². The molecule has 30 heavy (non-hydrogen) atoms. The molecule has 0 fully saturated rings. The first-order valence-corrected chi connectivity index (χ1v) is 11.3. The lowest BCUT2D eigenvalue weighted by Crippen LogP contribution is -2.49. The molecule has 6 heteroatoms. The summed E-state index contributed by atoms with van der Waals surface area (Å²) in [4.78, 5) is 27.7. The van der Waals surface area contributed by atoms with Crippen molar-refractivity contribution in [1.82, 2.24) is 10.2 Å². The second-order valence-corrected chi connectivity index (χ2v) is 8.15. The van der Waals surface area contributed by atoms with Gasteiger partial charge in [0.05, 0.1) is 0 Å². The van der Waals surface area contributed by atoms with E-state index >= 15 is 0 Å². The molecule has 0 aliphatic heterocycles. The Morgan fingerprint density at radius 2 is 1.73 bits per heavy atom. The van der Waals surface area contributed by atoms with Crippen molar-refractivity contribution in [3.8, 4) is 0 Å². The van der Waals surface area contributed by atoms with E-state index in [2.05, 4.69) is 12.2 Å². The monoisotopic (exact) mass is 448 g/mol. The molecule has 0 spiro atoms. The molecule has 2 rings (SSSR count). The van der Waals surface area contributed by atoms with Crippen molar-refractivity contribution >= 4 is 35.0 Å². The number of carbonyl (C=O) groups is 2. The summed E-state index contributed by atoms with van der Waals surface area (Å²) >= 11 is 12.2.